The molecule has 20 heavy (non-hydrogen) atoms. The van der Waals surface area contributed by atoms with Gasteiger partial charge in [0.1, 0.15) is 5.92 Å². The second kappa shape index (κ2) is 6.05. The van der Waals surface area contributed by atoms with Crippen LogP contribution in [0.1, 0.15) is 16.7 Å². The Bertz CT molecular complexity index is 527. The van der Waals surface area contributed by atoms with Crippen molar-refractivity contribution in [3.05, 3.63) is 34.9 Å². The molecule has 1 amide bonds. The van der Waals surface area contributed by atoms with E-state index in [-0.39, 0.29) is 25.5 Å². The lowest BCUT2D eigenvalue weighted by Crippen LogP contribution is -2.43. The topological polar surface area (TPSA) is 75.6 Å². The molecule has 0 spiro atoms. The fraction of sp³-hybridized carbons (Fsp3) is 0.467. The summed E-state index contributed by atoms with van der Waals surface area (Å²) in [4.78, 5) is 23.1. The van der Waals surface area contributed by atoms with E-state index in [2.05, 4.69) is 5.32 Å². The largest absolute Gasteiger partial charge is 0.481 e. The third kappa shape index (κ3) is 3.36. The lowest BCUT2D eigenvalue weighted by atomic mass is 10.0. The van der Waals surface area contributed by atoms with Gasteiger partial charge in [0.05, 0.1) is 25.7 Å². The van der Waals surface area contributed by atoms with Crippen molar-refractivity contribution in [1.29, 1.82) is 0 Å². The number of hydrogen-bond donors (Lipinski definition) is 2. The molecule has 2 atom stereocenters. The molecule has 1 aliphatic rings. The van der Waals surface area contributed by atoms with Crippen molar-refractivity contribution in [2.45, 2.75) is 26.3 Å². The van der Waals surface area contributed by atoms with Crippen LogP contribution in [0.15, 0.2) is 18.2 Å². The predicted octanol–water partition coefficient (Wildman–Crippen LogP) is 1.06. The summed E-state index contributed by atoms with van der Waals surface area (Å²) in [6, 6.07) is 5.53. The van der Waals surface area contributed by atoms with Crippen LogP contribution >= 0.6 is 0 Å². The third-order valence-corrected chi connectivity index (χ3v) is 3.60. The summed E-state index contributed by atoms with van der Waals surface area (Å²) in [6.07, 6.45) is 0.260. The molecular weight excluding hydrogens is 258 g/mol. The second-order valence-electron chi connectivity index (χ2n) is 5.26. The minimum absolute atomic E-state index is 0.157. The number of carboxylic acid groups (broad SMARTS) is 1. The van der Waals surface area contributed by atoms with Crippen molar-refractivity contribution in [3.63, 3.8) is 0 Å². The molecule has 0 saturated carbocycles. The van der Waals surface area contributed by atoms with Crippen molar-refractivity contribution < 1.29 is 19.4 Å². The van der Waals surface area contributed by atoms with Crippen LogP contribution in [0, 0.1) is 19.8 Å². The van der Waals surface area contributed by atoms with E-state index in [1.165, 1.54) is 0 Å². The molecule has 1 aromatic carbocycles. The number of ether oxygens (including phenoxy) is 1. The fourth-order valence-corrected chi connectivity index (χ4v) is 2.36. The van der Waals surface area contributed by atoms with Gasteiger partial charge in [-0.05, 0) is 25.0 Å². The molecule has 1 heterocycles. The summed E-state index contributed by atoms with van der Waals surface area (Å²) in [5.41, 5.74) is 3.13. The molecule has 108 valence electrons. The number of benzene rings is 1. The Labute approximate surface area is 117 Å². The first kappa shape index (κ1) is 14.5. The lowest BCUT2D eigenvalue weighted by Gasteiger charge is -2.16. The number of carbonyl (C=O) groups is 2. The first-order valence-corrected chi connectivity index (χ1v) is 6.63. The normalized spacial score (nSPS) is 21.7. The van der Waals surface area contributed by atoms with Crippen molar-refractivity contribution in [1.82, 2.24) is 5.32 Å². The van der Waals surface area contributed by atoms with Crippen molar-refractivity contribution in [2.24, 2.45) is 5.92 Å². The molecule has 2 unspecified atom stereocenters. The van der Waals surface area contributed by atoms with Gasteiger partial charge in [-0.15, -0.1) is 0 Å². The summed E-state index contributed by atoms with van der Waals surface area (Å²) < 4.78 is 5.13. The zero-order chi connectivity index (χ0) is 14.7. The molecule has 2 rings (SSSR count). The second-order valence-corrected chi connectivity index (χ2v) is 5.26. The zero-order valence-electron chi connectivity index (χ0n) is 11.7. The molecule has 0 bridgehead atoms. The molecule has 0 radical (unpaired) electrons. The lowest BCUT2D eigenvalue weighted by molar-refractivity contribution is -0.142. The Morgan fingerprint density at radius 1 is 1.35 bits per heavy atom. The third-order valence-electron chi connectivity index (χ3n) is 3.60. The SMILES string of the molecule is Cc1ccc(C)c(CC(=O)NC2COCC2C(=O)O)c1. The smallest absolute Gasteiger partial charge is 0.311 e. The summed E-state index contributed by atoms with van der Waals surface area (Å²) in [6.45, 7) is 4.35. The highest BCUT2D eigenvalue weighted by atomic mass is 16.5. The van der Waals surface area contributed by atoms with Crippen LogP contribution in [-0.2, 0) is 20.7 Å². The number of carboxylic acids is 1. The summed E-state index contributed by atoms with van der Waals surface area (Å²) >= 11 is 0. The van der Waals surface area contributed by atoms with Crippen LogP contribution in [0.3, 0.4) is 0 Å². The van der Waals surface area contributed by atoms with Gasteiger partial charge in [0.25, 0.3) is 0 Å². The first-order valence-electron chi connectivity index (χ1n) is 6.63. The van der Waals surface area contributed by atoms with Crippen LogP contribution in [0.5, 0.6) is 0 Å². The van der Waals surface area contributed by atoms with E-state index in [4.69, 9.17) is 9.84 Å². The van der Waals surface area contributed by atoms with Gasteiger partial charge in [0, 0.05) is 0 Å². The highest BCUT2D eigenvalue weighted by molar-refractivity contribution is 5.80. The van der Waals surface area contributed by atoms with Gasteiger partial charge in [-0.2, -0.15) is 0 Å². The fourth-order valence-electron chi connectivity index (χ4n) is 2.36. The average molecular weight is 277 g/mol. The standard InChI is InChI=1S/C15H19NO4/c1-9-3-4-10(2)11(5-9)6-14(17)16-13-8-20-7-12(13)15(18)19/h3-5,12-13H,6-8H2,1-2H3,(H,16,17)(H,18,19). The molecular formula is C15H19NO4. The number of aliphatic carboxylic acids is 1. The molecule has 1 fully saturated rings. The minimum atomic E-state index is -0.931. The van der Waals surface area contributed by atoms with E-state index in [9.17, 15) is 9.59 Å². The summed E-state index contributed by atoms with van der Waals surface area (Å²) in [7, 11) is 0. The summed E-state index contributed by atoms with van der Waals surface area (Å²) in [5.74, 6) is -1.75. The van der Waals surface area contributed by atoms with Crippen LogP contribution < -0.4 is 5.32 Å². The number of amides is 1. The Kier molecular flexibility index (Phi) is 4.39. The van der Waals surface area contributed by atoms with E-state index in [1.54, 1.807) is 0 Å². The number of hydrogen-bond acceptors (Lipinski definition) is 3. The van der Waals surface area contributed by atoms with Crippen LogP contribution in [0.2, 0.25) is 0 Å². The highest BCUT2D eigenvalue weighted by Gasteiger charge is 2.34. The molecule has 0 aromatic heterocycles. The minimum Gasteiger partial charge on any atom is -0.481 e. The monoisotopic (exact) mass is 277 g/mol. The Balaban J connectivity index is 1.99. The summed E-state index contributed by atoms with van der Waals surface area (Å²) in [5, 5.41) is 11.8. The average Bonchev–Trinajstić information content (AvgIpc) is 2.82. The Morgan fingerprint density at radius 2 is 2.10 bits per heavy atom. The first-order chi connectivity index (χ1) is 9.47. The van der Waals surface area contributed by atoms with E-state index in [0.29, 0.717) is 0 Å². The molecule has 0 aliphatic carbocycles. The predicted molar refractivity (Wildman–Crippen MR) is 73.5 cm³/mol. The van der Waals surface area contributed by atoms with Crippen molar-refractivity contribution in [3.8, 4) is 0 Å². The van der Waals surface area contributed by atoms with Gasteiger partial charge in [-0.1, -0.05) is 23.8 Å². The van der Waals surface area contributed by atoms with Gasteiger partial charge < -0.3 is 15.2 Å². The number of carbonyl (C=O) groups excluding carboxylic acids is 1. The molecule has 2 N–H and O–H groups in total. The highest BCUT2D eigenvalue weighted by Crippen LogP contribution is 2.15. The van der Waals surface area contributed by atoms with Gasteiger partial charge in [-0.3, -0.25) is 9.59 Å². The van der Waals surface area contributed by atoms with Gasteiger partial charge in [-0.25, -0.2) is 0 Å². The number of rotatable bonds is 4. The molecule has 1 aliphatic heterocycles. The molecule has 1 aromatic rings. The van der Waals surface area contributed by atoms with E-state index in [0.717, 1.165) is 16.7 Å². The van der Waals surface area contributed by atoms with E-state index >= 15 is 0 Å². The molecule has 5 heteroatoms. The maximum atomic E-state index is 12.0. The van der Waals surface area contributed by atoms with Crippen molar-refractivity contribution in [2.75, 3.05) is 13.2 Å². The Morgan fingerprint density at radius 3 is 2.80 bits per heavy atom. The zero-order valence-corrected chi connectivity index (χ0v) is 11.7. The maximum absolute atomic E-state index is 12.0. The van der Waals surface area contributed by atoms with E-state index < -0.39 is 17.9 Å². The molecule has 5 nitrogen and oxygen atoms in total. The molecule has 1 saturated heterocycles. The van der Waals surface area contributed by atoms with Gasteiger partial charge >= 0.3 is 5.97 Å². The van der Waals surface area contributed by atoms with E-state index in [1.807, 2.05) is 32.0 Å². The number of aryl methyl sites for hydroxylation is 2. The van der Waals surface area contributed by atoms with Gasteiger partial charge in [0.2, 0.25) is 5.91 Å². The Hall–Kier alpha value is -1.88. The maximum Gasteiger partial charge on any atom is 0.311 e. The quantitative estimate of drug-likeness (QED) is 0.863. The van der Waals surface area contributed by atoms with Crippen LogP contribution in [0.4, 0.5) is 0 Å². The van der Waals surface area contributed by atoms with Crippen LogP contribution in [-0.4, -0.2) is 36.2 Å². The van der Waals surface area contributed by atoms with Crippen molar-refractivity contribution >= 4 is 11.9 Å². The number of nitrogens with one attached hydrogen (secondary N) is 1. The van der Waals surface area contributed by atoms with Crippen LogP contribution in [0.25, 0.3) is 0 Å². The van der Waals surface area contributed by atoms with Gasteiger partial charge in [0.15, 0.2) is 0 Å².